The lowest BCUT2D eigenvalue weighted by atomic mass is 10.4. The topological polar surface area (TPSA) is 68.8 Å². The van der Waals surface area contributed by atoms with Gasteiger partial charge in [-0.3, -0.25) is 0 Å². The Hall–Kier alpha value is -1.69. The van der Waals surface area contributed by atoms with E-state index in [0.29, 0.717) is 18.4 Å². The first-order chi connectivity index (χ1) is 7.90. The van der Waals surface area contributed by atoms with E-state index >= 15 is 0 Å². The molecule has 84 valence electrons. The van der Waals surface area contributed by atoms with E-state index in [4.69, 9.17) is 0 Å². The van der Waals surface area contributed by atoms with Crippen molar-refractivity contribution < 1.29 is 4.52 Å². The van der Waals surface area contributed by atoms with Gasteiger partial charge < -0.3 is 14.4 Å². The van der Waals surface area contributed by atoms with Gasteiger partial charge in [-0.1, -0.05) is 5.16 Å². The zero-order chi connectivity index (χ0) is 10.8. The van der Waals surface area contributed by atoms with E-state index in [1.165, 1.54) is 19.2 Å². The SMILES string of the molecule is c1nc(Cn2cnc(CNC3CC3)c2)no1. The Kier molecular flexibility index (Phi) is 2.41. The summed E-state index contributed by atoms with van der Waals surface area (Å²) in [6, 6.07) is 0.711. The van der Waals surface area contributed by atoms with Gasteiger partial charge in [-0.05, 0) is 12.8 Å². The normalized spacial score (nSPS) is 15.5. The number of imidazole rings is 1. The molecular weight excluding hydrogens is 206 g/mol. The number of nitrogens with one attached hydrogen (secondary N) is 1. The molecule has 0 aromatic carbocycles. The van der Waals surface area contributed by atoms with Gasteiger partial charge in [0, 0.05) is 18.8 Å². The first-order valence-corrected chi connectivity index (χ1v) is 5.39. The molecule has 1 aliphatic rings. The van der Waals surface area contributed by atoms with Gasteiger partial charge in [0.2, 0.25) is 6.39 Å². The molecule has 0 radical (unpaired) electrons. The summed E-state index contributed by atoms with van der Waals surface area (Å²) in [7, 11) is 0. The average molecular weight is 219 g/mol. The second-order valence-electron chi connectivity index (χ2n) is 4.04. The van der Waals surface area contributed by atoms with Crippen LogP contribution in [0.3, 0.4) is 0 Å². The fourth-order valence-electron chi connectivity index (χ4n) is 1.55. The molecule has 1 aliphatic carbocycles. The van der Waals surface area contributed by atoms with Crippen LogP contribution >= 0.6 is 0 Å². The average Bonchev–Trinajstić information content (AvgIpc) is 2.78. The van der Waals surface area contributed by atoms with Gasteiger partial charge in [0.1, 0.15) is 0 Å². The summed E-state index contributed by atoms with van der Waals surface area (Å²) in [6.45, 7) is 1.44. The molecule has 6 nitrogen and oxygen atoms in total. The van der Waals surface area contributed by atoms with Gasteiger partial charge in [-0.15, -0.1) is 0 Å². The maximum absolute atomic E-state index is 4.67. The highest BCUT2D eigenvalue weighted by Crippen LogP contribution is 2.18. The Morgan fingerprint density at radius 3 is 3.12 bits per heavy atom. The van der Waals surface area contributed by atoms with Crippen molar-refractivity contribution in [1.82, 2.24) is 25.0 Å². The third-order valence-corrected chi connectivity index (χ3v) is 2.57. The van der Waals surface area contributed by atoms with Crippen molar-refractivity contribution in [1.29, 1.82) is 0 Å². The quantitative estimate of drug-likeness (QED) is 0.796. The molecule has 1 fully saturated rings. The van der Waals surface area contributed by atoms with Gasteiger partial charge in [0.25, 0.3) is 0 Å². The highest BCUT2D eigenvalue weighted by molar-refractivity contribution is 4.99. The molecule has 2 heterocycles. The van der Waals surface area contributed by atoms with E-state index in [0.717, 1.165) is 12.2 Å². The standard InChI is InChI=1S/C10H13N5O/c1-2-8(1)11-3-9-4-15(6-12-9)5-10-13-7-16-14-10/h4,6-8,11H,1-3,5H2. The molecule has 2 aromatic rings. The van der Waals surface area contributed by atoms with Crippen molar-refractivity contribution in [3.63, 3.8) is 0 Å². The van der Waals surface area contributed by atoms with Crippen LogP contribution in [0.15, 0.2) is 23.4 Å². The fraction of sp³-hybridized carbons (Fsp3) is 0.500. The first kappa shape index (κ1) is 9.53. The van der Waals surface area contributed by atoms with Gasteiger partial charge in [0.05, 0.1) is 18.6 Å². The zero-order valence-corrected chi connectivity index (χ0v) is 8.83. The lowest BCUT2D eigenvalue weighted by molar-refractivity contribution is 0.408. The van der Waals surface area contributed by atoms with E-state index in [1.807, 2.05) is 10.8 Å². The highest BCUT2D eigenvalue weighted by atomic mass is 16.5. The molecule has 0 amide bonds. The van der Waals surface area contributed by atoms with E-state index in [9.17, 15) is 0 Å². The van der Waals surface area contributed by atoms with Crippen LogP contribution in [0.2, 0.25) is 0 Å². The minimum Gasteiger partial charge on any atom is -0.343 e. The summed E-state index contributed by atoms with van der Waals surface area (Å²) < 4.78 is 6.63. The lowest BCUT2D eigenvalue weighted by Crippen LogP contribution is -2.15. The molecule has 0 bridgehead atoms. The van der Waals surface area contributed by atoms with Gasteiger partial charge in [-0.2, -0.15) is 4.98 Å². The van der Waals surface area contributed by atoms with Gasteiger partial charge in [-0.25, -0.2) is 4.98 Å². The number of hydrogen-bond donors (Lipinski definition) is 1. The Morgan fingerprint density at radius 1 is 1.44 bits per heavy atom. The molecule has 3 rings (SSSR count). The molecule has 0 unspecified atom stereocenters. The third-order valence-electron chi connectivity index (χ3n) is 2.57. The molecule has 0 atom stereocenters. The molecule has 1 saturated carbocycles. The largest absolute Gasteiger partial charge is 0.343 e. The Bertz CT molecular complexity index is 445. The van der Waals surface area contributed by atoms with Crippen molar-refractivity contribution in [3.05, 3.63) is 30.4 Å². The number of aromatic nitrogens is 4. The van der Waals surface area contributed by atoms with Crippen LogP contribution in [0.1, 0.15) is 24.4 Å². The predicted octanol–water partition coefficient (Wildman–Crippen LogP) is 0.566. The van der Waals surface area contributed by atoms with Crippen LogP contribution in [0.5, 0.6) is 0 Å². The number of hydrogen-bond acceptors (Lipinski definition) is 5. The monoisotopic (exact) mass is 219 g/mol. The van der Waals surface area contributed by atoms with E-state index in [-0.39, 0.29) is 0 Å². The van der Waals surface area contributed by atoms with Crippen molar-refractivity contribution >= 4 is 0 Å². The molecule has 6 heteroatoms. The lowest BCUT2D eigenvalue weighted by Gasteiger charge is -1.97. The summed E-state index contributed by atoms with van der Waals surface area (Å²) >= 11 is 0. The van der Waals surface area contributed by atoms with Crippen LogP contribution in [0.4, 0.5) is 0 Å². The zero-order valence-electron chi connectivity index (χ0n) is 8.83. The van der Waals surface area contributed by atoms with Crippen molar-refractivity contribution in [2.24, 2.45) is 0 Å². The van der Waals surface area contributed by atoms with E-state index in [1.54, 1.807) is 6.33 Å². The fourth-order valence-corrected chi connectivity index (χ4v) is 1.55. The first-order valence-electron chi connectivity index (χ1n) is 5.39. The Morgan fingerprint density at radius 2 is 2.38 bits per heavy atom. The second-order valence-corrected chi connectivity index (χ2v) is 4.04. The molecule has 2 aromatic heterocycles. The molecule has 0 spiro atoms. The predicted molar refractivity (Wildman–Crippen MR) is 55.5 cm³/mol. The smallest absolute Gasteiger partial charge is 0.213 e. The summed E-state index contributed by atoms with van der Waals surface area (Å²) in [4.78, 5) is 8.27. The van der Waals surface area contributed by atoms with Crippen LogP contribution in [0, 0.1) is 0 Å². The van der Waals surface area contributed by atoms with Crippen molar-refractivity contribution in [3.8, 4) is 0 Å². The second kappa shape index (κ2) is 4.05. The van der Waals surface area contributed by atoms with Crippen LogP contribution in [-0.2, 0) is 13.1 Å². The van der Waals surface area contributed by atoms with Crippen LogP contribution in [-0.4, -0.2) is 25.7 Å². The maximum Gasteiger partial charge on any atom is 0.213 e. The summed E-state index contributed by atoms with van der Waals surface area (Å²) in [5.41, 5.74) is 1.05. The minimum atomic E-state index is 0.604. The van der Waals surface area contributed by atoms with E-state index < -0.39 is 0 Å². The summed E-state index contributed by atoms with van der Waals surface area (Å²) in [6.07, 6.45) is 7.72. The number of nitrogens with zero attached hydrogens (tertiary/aromatic N) is 4. The summed E-state index contributed by atoms with van der Waals surface area (Å²) in [5, 5.41) is 7.17. The van der Waals surface area contributed by atoms with Crippen molar-refractivity contribution in [2.45, 2.75) is 32.0 Å². The molecule has 16 heavy (non-hydrogen) atoms. The van der Waals surface area contributed by atoms with Gasteiger partial charge >= 0.3 is 0 Å². The van der Waals surface area contributed by atoms with E-state index in [2.05, 4.69) is 25.0 Å². The molecule has 1 N–H and O–H groups in total. The minimum absolute atomic E-state index is 0.604. The summed E-state index contributed by atoms with van der Waals surface area (Å²) in [5.74, 6) is 0.666. The van der Waals surface area contributed by atoms with Gasteiger partial charge in [0.15, 0.2) is 5.82 Å². The molecule has 0 saturated heterocycles. The third kappa shape index (κ3) is 2.27. The molecular formula is C10H13N5O. The number of rotatable bonds is 5. The highest BCUT2D eigenvalue weighted by Gasteiger charge is 2.20. The van der Waals surface area contributed by atoms with Crippen LogP contribution in [0.25, 0.3) is 0 Å². The Balaban J connectivity index is 1.58. The Labute approximate surface area is 92.7 Å². The maximum atomic E-state index is 4.67. The molecule has 0 aliphatic heterocycles. The van der Waals surface area contributed by atoms with Crippen LogP contribution < -0.4 is 5.32 Å². The van der Waals surface area contributed by atoms with Crippen molar-refractivity contribution in [2.75, 3.05) is 0 Å².